The van der Waals surface area contributed by atoms with Gasteiger partial charge in [0.25, 0.3) is 5.91 Å². The Hall–Kier alpha value is -1.75. The van der Waals surface area contributed by atoms with E-state index in [9.17, 15) is 9.90 Å². The lowest BCUT2D eigenvalue weighted by atomic mass is 9.93. The van der Waals surface area contributed by atoms with Gasteiger partial charge in [-0.15, -0.1) is 0 Å². The van der Waals surface area contributed by atoms with Crippen LogP contribution in [0, 0.1) is 0 Å². The number of hydrogen-bond acceptors (Lipinski definition) is 4. The molecule has 1 fully saturated rings. The van der Waals surface area contributed by atoms with Gasteiger partial charge in [0.15, 0.2) is 6.10 Å². The van der Waals surface area contributed by atoms with Gasteiger partial charge in [0.05, 0.1) is 12.7 Å². The summed E-state index contributed by atoms with van der Waals surface area (Å²) >= 11 is 0. The van der Waals surface area contributed by atoms with E-state index in [-0.39, 0.29) is 5.91 Å². The van der Waals surface area contributed by atoms with E-state index in [0.29, 0.717) is 31.7 Å². The molecule has 1 aromatic carbocycles. The highest BCUT2D eigenvalue weighted by Gasteiger charge is 2.31. The molecule has 0 radical (unpaired) electrons. The number of piperidine rings is 1. The molecule has 0 spiro atoms. The van der Waals surface area contributed by atoms with E-state index in [1.165, 1.54) is 0 Å². The summed E-state index contributed by atoms with van der Waals surface area (Å²) in [5.41, 5.74) is -0.656. The molecule has 5 heteroatoms. The molecular weight excluding hydrogens is 270 g/mol. The number of likely N-dealkylation sites (tertiary alicyclic amines) is 1. The minimum atomic E-state index is -0.656. The van der Waals surface area contributed by atoms with E-state index in [4.69, 9.17) is 9.47 Å². The molecule has 1 heterocycles. The Labute approximate surface area is 125 Å². The van der Waals surface area contributed by atoms with Crippen molar-refractivity contribution in [2.75, 3.05) is 20.2 Å². The minimum absolute atomic E-state index is 0.0404. The first kappa shape index (κ1) is 15.6. The zero-order chi connectivity index (χ0) is 15.5. The Morgan fingerprint density at radius 3 is 2.29 bits per heavy atom. The van der Waals surface area contributed by atoms with Crippen molar-refractivity contribution in [1.29, 1.82) is 0 Å². The van der Waals surface area contributed by atoms with Crippen LogP contribution in [0.2, 0.25) is 0 Å². The number of hydrogen-bond donors (Lipinski definition) is 1. The summed E-state index contributed by atoms with van der Waals surface area (Å²) in [6.45, 7) is 4.70. The quantitative estimate of drug-likeness (QED) is 0.920. The zero-order valence-electron chi connectivity index (χ0n) is 12.8. The van der Waals surface area contributed by atoms with Gasteiger partial charge in [-0.3, -0.25) is 4.79 Å². The third-order valence-corrected chi connectivity index (χ3v) is 3.87. The Morgan fingerprint density at radius 1 is 1.24 bits per heavy atom. The maximum absolute atomic E-state index is 12.3. The van der Waals surface area contributed by atoms with Crippen LogP contribution in [0.4, 0.5) is 0 Å². The van der Waals surface area contributed by atoms with Gasteiger partial charge in [-0.25, -0.2) is 0 Å². The molecule has 1 amide bonds. The van der Waals surface area contributed by atoms with Gasteiger partial charge in [-0.05, 0) is 51.0 Å². The molecule has 0 saturated carbocycles. The van der Waals surface area contributed by atoms with Crippen LogP contribution in [0.5, 0.6) is 11.5 Å². The first-order valence-corrected chi connectivity index (χ1v) is 7.23. The third-order valence-electron chi connectivity index (χ3n) is 3.87. The van der Waals surface area contributed by atoms with Crippen molar-refractivity contribution in [3.8, 4) is 11.5 Å². The minimum Gasteiger partial charge on any atom is -0.497 e. The van der Waals surface area contributed by atoms with Crippen molar-refractivity contribution < 1.29 is 19.4 Å². The molecule has 0 aliphatic carbocycles. The van der Waals surface area contributed by atoms with Gasteiger partial charge in [0, 0.05) is 13.1 Å². The number of methoxy groups -OCH3 is 1. The van der Waals surface area contributed by atoms with Crippen LogP contribution in [-0.4, -0.2) is 47.8 Å². The van der Waals surface area contributed by atoms with E-state index in [1.54, 1.807) is 43.2 Å². The van der Waals surface area contributed by atoms with Crippen molar-refractivity contribution in [3.63, 3.8) is 0 Å². The molecule has 1 aliphatic heterocycles. The molecule has 116 valence electrons. The van der Waals surface area contributed by atoms with Crippen LogP contribution in [0.1, 0.15) is 26.7 Å². The Kier molecular flexibility index (Phi) is 4.73. The molecule has 1 saturated heterocycles. The first-order chi connectivity index (χ1) is 9.91. The van der Waals surface area contributed by atoms with Crippen LogP contribution in [0.25, 0.3) is 0 Å². The maximum Gasteiger partial charge on any atom is 0.263 e. The molecule has 1 N–H and O–H groups in total. The first-order valence-electron chi connectivity index (χ1n) is 7.23. The summed E-state index contributed by atoms with van der Waals surface area (Å²) in [7, 11) is 1.60. The second-order valence-corrected chi connectivity index (χ2v) is 5.76. The fraction of sp³-hybridized carbons (Fsp3) is 0.562. The van der Waals surface area contributed by atoms with Crippen molar-refractivity contribution in [2.45, 2.75) is 38.4 Å². The zero-order valence-corrected chi connectivity index (χ0v) is 12.8. The highest BCUT2D eigenvalue weighted by Crippen LogP contribution is 2.23. The maximum atomic E-state index is 12.3. The molecule has 0 aromatic heterocycles. The molecular formula is C16H23NO4. The van der Waals surface area contributed by atoms with Crippen LogP contribution in [0.3, 0.4) is 0 Å². The molecule has 1 aromatic rings. The standard InChI is InChI=1S/C16H23NO4/c1-12(21-14-6-4-13(20-3)5-7-14)15(18)17-10-8-16(2,19)9-11-17/h4-7,12,19H,8-11H2,1-3H3. The topological polar surface area (TPSA) is 59.0 Å². The normalized spacial score (nSPS) is 19.0. The van der Waals surface area contributed by atoms with Crippen molar-refractivity contribution in [3.05, 3.63) is 24.3 Å². The number of rotatable bonds is 4. The average molecular weight is 293 g/mol. The Balaban J connectivity index is 1.90. The molecule has 5 nitrogen and oxygen atoms in total. The lowest BCUT2D eigenvalue weighted by Gasteiger charge is -2.36. The summed E-state index contributed by atoms with van der Waals surface area (Å²) in [6, 6.07) is 7.16. The van der Waals surface area contributed by atoms with E-state index < -0.39 is 11.7 Å². The SMILES string of the molecule is COc1ccc(OC(C)C(=O)N2CCC(C)(O)CC2)cc1. The number of aliphatic hydroxyl groups is 1. The van der Waals surface area contributed by atoms with Gasteiger partial charge >= 0.3 is 0 Å². The number of ether oxygens (including phenoxy) is 2. The summed E-state index contributed by atoms with van der Waals surface area (Å²) in [5.74, 6) is 1.35. The van der Waals surface area contributed by atoms with Crippen LogP contribution in [-0.2, 0) is 4.79 Å². The predicted molar refractivity (Wildman–Crippen MR) is 79.5 cm³/mol. The van der Waals surface area contributed by atoms with Crippen molar-refractivity contribution in [2.24, 2.45) is 0 Å². The highest BCUT2D eigenvalue weighted by molar-refractivity contribution is 5.81. The molecule has 0 bridgehead atoms. The average Bonchev–Trinajstić information content (AvgIpc) is 2.47. The van der Waals surface area contributed by atoms with Gasteiger partial charge in [0.2, 0.25) is 0 Å². The molecule has 1 aliphatic rings. The van der Waals surface area contributed by atoms with Gasteiger partial charge in [0.1, 0.15) is 11.5 Å². The largest absolute Gasteiger partial charge is 0.497 e. The number of carbonyl (C=O) groups is 1. The number of amides is 1. The lowest BCUT2D eigenvalue weighted by Crippen LogP contribution is -2.48. The second-order valence-electron chi connectivity index (χ2n) is 5.76. The van der Waals surface area contributed by atoms with Gasteiger partial charge in [-0.1, -0.05) is 0 Å². The second kappa shape index (κ2) is 6.35. The summed E-state index contributed by atoms with van der Waals surface area (Å²) < 4.78 is 10.8. The van der Waals surface area contributed by atoms with Crippen LogP contribution in [0.15, 0.2) is 24.3 Å². The number of nitrogens with zero attached hydrogens (tertiary/aromatic N) is 1. The third kappa shape index (κ3) is 4.11. The van der Waals surface area contributed by atoms with Gasteiger partial charge in [-0.2, -0.15) is 0 Å². The Bertz CT molecular complexity index is 474. The van der Waals surface area contributed by atoms with E-state index >= 15 is 0 Å². The Morgan fingerprint density at radius 2 is 1.76 bits per heavy atom. The number of benzene rings is 1. The van der Waals surface area contributed by atoms with Crippen LogP contribution < -0.4 is 9.47 Å². The fourth-order valence-corrected chi connectivity index (χ4v) is 2.37. The lowest BCUT2D eigenvalue weighted by molar-refractivity contribution is -0.141. The molecule has 1 unspecified atom stereocenters. The van der Waals surface area contributed by atoms with Gasteiger partial charge < -0.3 is 19.5 Å². The van der Waals surface area contributed by atoms with E-state index in [2.05, 4.69) is 0 Å². The highest BCUT2D eigenvalue weighted by atomic mass is 16.5. The molecule has 2 rings (SSSR count). The van der Waals surface area contributed by atoms with Crippen molar-refractivity contribution in [1.82, 2.24) is 4.90 Å². The summed E-state index contributed by atoms with van der Waals surface area (Å²) in [4.78, 5) is 14.1. The fourth-order valence-electron chi connectivity index (χ4n) is 2.37. The summed E-state index contributed by atoms with van der Waals surface area (Å²) in [6.07, 6.45) is 0.670. The predicted octanol–water partition coefficient (Wildman–Crippen LogP) is 1.84. The molecule has 21 heavy (non-hydrogen) atoms. The number of carbonyl (C=O) groups excluding carboxylic acids is 1. The summed E-state index contributed by atoms with van der Waals surface area (Å²) in [5, 5.41) is 9.92. The van der Waals surface area contributed by atoms with E-state index in [0.717, 1.165) is 5.75 Å². The molecule has 1 atom stereocenters. The van der Waals surface area contributed by atoms with Crippen molar-refractivity contribution >= 4 is 5.91 Å². The monoisotopic (exact) mass is 293 g/mol. The smallest absolute Gasteiger partial charge is 0.263 e. The van der Waals surface area contributed by atoms with Crippen LogP contribution >= 0.6 is 0 Å². The van der Waals surface area contributed by atoms with E-state index in [1.807, 2.05) is 6.92 Å².